The van der Waals surface area contributed by atoms with Gasteiger partial charge in [0.25, 0.3) is 0 Å². The maximum Gasteiger partial charge on any atom is 0.0877 e. The van der Waals surface area contributed by atoms with Crippen molar-refractivity contribution in [2.24, 2.45) is 0 Å². The molecule has 0 aliphatic rings. The summed E-state index contributed by atoms with van der Waals surface area (Å²) in [6.45, 7) is 7.73. The zero-order valence-corrected chi connectivity index (χ0v) is 6.23. The molecule has 0 radical (unpaired) electrons. The highest BCUT2D eigenvalue weighted by Gasteiger charge is 1.76. The van der Waals surface area contributed by atoms with Gasteiger partial charge < -0.3 is 5.11 Å². The Morgan fingerprint density at radius 1 is 1.50 bits per heavy atom. The molecular weight excluding hydrogens is 100 g/mol. The lowest BCUT2D eigenvalue weighted by Gasteiger charge is -1.84. The molecule has 0 saturated heterocycles. The zero-order valence-electron chi connectivity index (χ0n) is 6.23. The predicted octanol–water partition coefficient (Wildman–Crippen LogP) is 2.88. The number of aliphatic hydroxyl groups is 1. The van der Waals surface area contributed by atoms with Crippen molar-refractivity contribution in [2.45, 2.75) is 34.1 Å². The van der Waals surface area contributed by atoms with Gasteiger partial charge >= 0.3 is 0 Å². The Morgan fingerprint density at radius 2 is 1.88 bits per heavy atom. The lowest BCUT2D eigenvalue weighted by molar-refractivity contribution is 0.393. The fourth-order valence-corrected chi connectivity index (χ4v) is 0.204. The van der Waals surface area contributed by atoms with Gasteiger partial charge in [-0.1, -0.05) is 20.8 Å². The van der Waals surface area contributed by atoms with Crippen LogP contribution < -0.4 is 0 Å². The maximum atomic E-state index is 8.53. The van der Waals surface area contributed by atoms with Gasteiger partial charge in [-0.2, -0.15) is 0 Å². The molecule has 0 bridgehead atoms. The number of hydrogen-bond donors (Lipinski definition) is 1. The summed E-state index contributed by atoms with van der Waals surface area (Å²) in [5.41, 5.74) is 0. The molecule has 0 aromatic rings. The fraction of sp³-hybridized carbons (Fsp3) is 0.714. The molecule has 0 aliphatic carbocycles. The van der Waals surface area contributed by atoms with E-state index >= 15 is 0 Å². The van der Waals surface area contributed by atoms with Crippen LogP contribution in [0.1, 0.15) is 34.1 Å². The van der Waals surface area contributed by atoms with Crippen molar-refractivity contribution in [3.63, 3.8) is 0 Å². The molecule has 0 saturated carbocycles. The van der Waals surface area contributed by atoms with Gasteiger partial charge in [-0.25, -0.2) is 0 Å². The summed E-state index contributed by atoms with van der Waals surface area (Å²) in [4.78, 5) is 0. The second-order valence-electron chi connectivity index (χ2n) is 1.13. The van der Waals surface area contributed by atoms with Crippen LogP contribution in [-0.2, 0) is 0 Å². The molecule has 1 nitrogen and oxygen atoms in total. The minimum atomic E-state index is 0.468. The predicted molar refractivity (Wildman–Crippen MR) is 38.0 cm³/mol. The Morgan fingerprint density at radius 3 is 1.88 bits per heavy atom. The summed E-state index contributed by atoms with van der Waals surface area (Å²) in [6.07, 6.45) is 2.44. The minimum Gasteiger partial charge on any atom is -0.513 e. The van der Waals surface area contributed by atoms with E-state index in [1.54, 1.807) is 6.08 Å². The van der Waals surface area contributed by atoms with Crippen LogP contribution >= 0.6 is 0 Å². The van der Waals surface area contributed by atoms with Crippen molar-refractivity contribution >= 4 is 0 Å². The van der Waals surface area contributed by atoms with Crippen LogP contribution in [0.4, 0.5) is 0 Å². The molecule has 0 aromatic heterocycles. The first-order chi connectivity index (χ1) is 3.81. The molecule has 0 fully saturated rings. The molecule has 0 atom stereocenters. The van der Waals surface area contributed by atoms with Gasteiger partial charge in [0.1, 0.15) is 0 Å². The largest absolute Gasteiger partial charge is 0.513 e. The maximum absolute atomic E-state index is 8.53. The first-order valence-corrected chi connectivity index (χ1v) is 3.15. The fourth-order valence-electron chi connectivity index (χ4n) is 0.204. The molecule has 0 heterocycles. The third-order valence-corrected chi connectivity index (χ3v) is 0.695. The summed E-state index contributed by atoms with van der Waals surface area (Å²) in [5.74, 6) is 0.468. The van der Waals surface area contributed by atoms with Gasteiger partial charge in [0.2, 0.25) is 0 Å². The zero-order chi connectivity index (χ0) is 6.99. The van der Waals surface area contributed by atoms with Crippen LogP contribution in [0.15, 0.2) is 11.8 Å². The van der Waals surface area contributed by atoms with Crippen molar-refractivity contribution in [2.75, 3.05) is 0 Å². The first-order valence-electron chi connectivity index (χ1n) is 3.15. The minimum absolute atomic E-state index is 0.468. The van der Waals surface area contributed by atoms with Crippen molar-refractivity contribution in [3.05, 3.63) is 11.8 Å². The summed E-state index contributed by atoms with van der Waals surface area (Å²) < 4.78 is 0. The van der Waals surface area contributed by atoms with Gasteiger partial charge in [-0.3, -0.25) is 0 Å². The number of allylic oxidation sites excluding steroid dienone is 2. The van der Waals surface area contributed by atoms with Crippen LogP contribution in [0.3, 0.4) is 0 Å². The molecule has 0 aliphatic heterocycles. The first kappa shape index (κ1) is 10.5. The topological polar surface area (TPSA) is 20.2 Å². The normalized spacial score (nSPS) is 9.75. The van der Waals surface area contributed by atoms with Gasteiger partial charge in [-0.05, 0) is 13.0 Å². The van der Waals surface area contributed by atoms with E-state index in [4.69, 9.17) is 5.11 Å². The molecule has 50 valence electrons. The van der Waals surface area contributed by atoms with Crippen molar-refractivity contribution in [1.29, 1.82) is 0 Å². The van der Waals surface area contributed by atoms with Gasteiger partial charge in [-0.15, -0.1) is 0 Å². The lowest BCUT2D eigenvalue weighted by atomic mass is 10.4. The molecule has 0 spiro atoms. The smallest absolute Gasteiger partial charge is 0.0877 e. The van der Waals surface area contributed by atoms with Crippen LogP contribution in [0, 0.1) is 0 Å². The van der Waals surface area contributed by atoms with E-state index in [1.165, 1.54) is 0 Å². The summed E-state index contributed by atoms with van der Waals surface area (Å²) in [6, 6.07) is 0. The van der Waals surface area contributed by atoms with Crippen LogP contribution in [-0.4, -0.2) is 5.11 Å². The summed E-state index contributed by atoms with van der Waals surface area (Å²) >= 11 is 0. The third kappa shape index (κ3) is 9.11. The lowest BCUT2D eigenvalue weighted by Crippen LogP contribution is -1.70. The van der Waals surface area contributed by atoms with E-state index < -0.39 is 0 Å². The second-order valence-corrected chi connectivity index (χ2v) is 1.13. The van der Waals surface area contributed by atoms with E-state index in [0.717, 1.165) is 6.42 Å². The van der Waals surface area contributed by atoms with E-state index in [1.807, 2.05) is 27.7 Å². The van der Waals surface area contributed by atoms with Crippen LogP contribution in [0.2, 0.25) is 0 Å². The Kier molecular flexibility index (Phi) is 12.8. The van der Waals surface area contributed by atoms with Crippen molar-refractivity contribution in [3.8, 4) is 0 Å². The SMILES string of the molecule is C/C=C(\O)CC.CC. The van der Waals surface area contributed by atoms with E-state index in [-0.39, 0.29) is 0 Å². The Balaban J connectivity index is 0. The highest BCUT2D eigenvalue weighted by Crippen LogP contribution is 1.89. The Labute approximate surface area is 52.0 Å². The quantitative estimate of drug-likeness (QED) is 0.522. The second kappa shape index (κ2) is 9.74. The van der Waals surface area contributed by atoms with Gasteiger partial charge in [0.05, 0.1) is 5.76 Å². The van der Waals surface area contributed by atoms with E-state index in [9.17, 15) is 0 Å². The van der Waals surface area contributed by atoms with E-state index in [0.29, 0.717) is 5.76 Å². The average molecular weight is 116 g/mol. The molecular formula is C7H16O. The number of rotatable bonds is 1. The molecule has 0 unspecified atom stereocenters. The molecule has 1 N–H and O–H groups in total. The molecule has 1 heteroatoms. The van der Waals surface area contributed by atoms with E-state index in [2.05, 4.69) is 0 Å². The number of hydrogen-bond acceptors (Lipinski definition) is 1. The molecule has 0 aromatic carbocycles. The number of aliphatic hydroxyl groups excluding tert-OH is 1. The third-order valence-electron chi connectivity index (χ3n) is 0.695. The standard InChI is InChI=1S/C5H10O.C2H6/c1-3-5(6)4-2;1-2/h3,6H,4H2,1-2H3;1-2H3/b5-3-;. The highest BCUT2D eigenvalue weighted by atomic mass is 16.3. The van der Waals surface area contributed by atoms with Gasteiger partial charge in [0, 0.05) is 6.42 Å². The highest BCUT2D eigenvalue weighted by molar-refractivity contribution is 4.84. The van der Waals surface area contributed by atoms with Crippen molar-refractivity contribution in [1.82, 2.24) is 0 Å². The Hall–Kier alpha value is -0.460. The molecule has 8 heavy (non-hydrogen) atoms. The van der Waals surface area contributed by atoms with Crippen LogP contribution in [0.5, 0.6) is 0 Å². The van der Waals surface area contributed by atoms with Crippen molar-refractivity contribution < 1.29 is 5.11 Å². The summed E-state index contributed by atoms with van der Waals surface area (Å²) in [5, 5.41) is 8.53. The molecule has 0 rings (SSSR count). The van der Waals surface area contributed by atoms with Gasteiger partial charge in [0.15, 0.2) is 0 Å². The Bertz CT molecular complexity index is 55.4. The molecule has 0 amide bonds. The summed E-state index contributed by atoms with van der Waals surface area (Å²) in [7, 11) is 0. The monoisotopic (exact) mass is 116 g/mol. The van der Waals surface area contributed by atoms with Crippen LogP contribution in [0.25, 0.3) is 0 Å². The average Bonchev–Trinajstić information content (AvgIpc) is 1.91.